The summed E-state index contributed by atoms with van der Waals surface area (Å²) in [7, 11) is 0. The Morgan fingerprint density at radius 2 is 1.94 bits per heavy atom. The van der Waals surface area contributed by atoms with E-state index in [1.807, 2.05) is 6.07 Å². The van der Waals surface area contributed by atoms with E-state index in [4.69, 9.17) is 10.8 Å². The fraction of sp³-hybridized carbons (Fsp3) is 0.462. The lowest BCUT2D eigenvalue weighted by atomic mass is 9.95. The maximum absolute atomic E-state index is 11.0. The predicted molar refractivity (Wildman–Crippen MR) is 64.4 cm³/mol. The molecule has 0 saturated carbocycles. The zero-order chi connectivity index (χ0) is 12.1. The predicted octanol–water partition coefficient (Wildman–Crippen LogP) is 2.82. The van der Waals surface area contributed by atoms with Gasteiger partial charge in [0.05, 0.1) is 5.56 Å². The standard InChI is InChI=1S/C13H19NO2/c1-9(2)7-8-12(14)10-5-3-4-6-11(10)13(15)16/h3-6,9,12H,7-8,14H2,1-2H3,(H,15,16)/t12-/m1/s1. The molecule has 0 fully saturated rings. The summed E-state index contributed by atoms with van der Waals surface area (Å²) in [5.74, 6) is -0.321. The molecule has 0 spiro atoms. The van der Waals surface area contributed by atoms with Crippen LogP contribution >= 0.6 is 0 Å². The first-order valence-corrected chi connectivity index (χ1v) is 5.60. The Balaban J connectivity index is 2.82. The Morgan fingerprint density at radius 3 is 2.50 bits per heavy atom. The Kier molecular flexibility index (Phi) is 4.50. The maximum atomic E-state index is 11.0. The number of rotatable bonds is 5. The molecule has 0 aliphatic carbocycles. The summed E-state index contributed by atoms with van der Waals surface area (Å²) in [6.45, 7) is 4.27. The second kappa shape index (κ2) is 5.66. The van der Waals surface area contributed by atoms with Crippen molar-refractivity contribution in [3.63, 3.8) is 0 Å². The van der Waals surface area contributed by atoms with Gasteiger partial charge in [-0.3, -0.25) is 0 Å². The molecule has 0 unspecified atom stereocenters. The van der Waals surface area contributed by atoms with Crippen LogP contribution in [-0.4, -0.2) is 11.1 Å². The minimum absolute atomic E-state index is 0.185. The Bertz CT molecular complexity index is 361. The van der Waals surface area contributed by atoms with Crippen molar-refractivity contribution in [2.45, 2.75) is 32.7 Å². The van der Waals surface area contributed by atoms with Crippen LogP contribution in [0.4, 0.5) is 0 Å². The van der Waals surface area contributed by atoms with Gasteiger partial charge in [0.1, 0.15) is 0 Å². The molecule has 3 nitrogen and oxygen atoms in total. The molecular formula is C13H19NO2. The number of benzene rings is 1. The van der Waals surface area contributed by atoms with E-state index in [0.717, 1.165) is 18.4 Å². The summed E-state index contributed by atoms with van der Waals surface area (Å²) < 4.78 is 0. The fourth-order valence-corrected chi connectivity index (χ4v) is 1.68. The number of nitrogens with two attached hydrogens (primary N) is 1. The molecule has 1 atom stereocenters. The van der Waals surface area contributed by atoms with Crippen LogP contribution in [-0.2, 0) is 0 Å². The number of carboxylic acid groups (broad SMARTS) is 1. The van der Waals surface area contributed by atoms with Gasteiger partial charge in [-0.15, -0.1) is 0 Å². The molecule has 3 heteroatoms. The van der Waals surface area contributed by atoms with Gasteiger partial charge >= 0.3 is 5.97 Å². The molecule has 0 aliphatic heterocycles. The molecule has 3 N–H and O–H groups in total. The van der Waals surface area contributed by atoms with Gasteiger partial charge in [0.2, 0.25) is 0 Å². The van der Waals surface area contributed by atoms with Gasteiger partial charge in [-0.1, -0.05) is 32.0 Å². The zero-order valence-corrected chi connectivity index (χ0v) is 9.81. The molecule has 0 bridgehead atoms. The first-order chi connectivity index (χ1) is 7.52. The second-order valence-corrected chi connectivity index (χ2v) is 4.47. The van der Waals surface area contributed by atoms with E-state index < -0.39 is 5.97 Å². The monoisotopic (exact) mass is 221 g/mol. The molecule has 0 heterocycles. The van der Waals surface area contributed by atoms with E-state index >= 15 is 0 Å². The first kappa shape index (κ1) is 12.7. The van der Waals surface area contributed by atoms with E-state index in [9.17, 15) is 4.79 Å². The van der Waals surface area contributed by atoms with Gasteiger partial charge in [0.25, 0.3) is 0 Å². The summed E-state index contributed by atoms with van der Waals surface area (Å²) in [6.07, 6.45) is 1.83. The average Bonchev–Trinajstić information content (AvgIpc) is 2.25. The fourth-order valence-electron chi connectivity index (χ4n) is 1.68. The average molecular weight is 221 g/mol. The van der Waals surface area contributed by atoms with Crippen molar-refractivity contribution in [3.8, 4) is 0 Å². The van der Waals surface area contributed by atoms with Crippen molar-refractivity contribution in [2.75, 3.05) is 0 Å². The zero-order valence-electron chi connectivity index (χ0n) is 9.81. The molecule has 0 aliphatic rings. The van der Waals surface area contributed by atoms with Crippen molar-refractivity contribution in [1.29, 1.82) is 0 Å². The smallest absolute Gasteiger partial charge is 0.336 e. The minimum atomic E-state index is -0.907. The lowest BCUT2D eigenvalue weighted by molar-refractivity contribution is 0.0695. The van der Waals surface area contributed by atoms with Crippen LogP contribution in [0.25, 0.3) is 0 Å². The molecular weight excluding hydrogens is 202 g/mol. The quantitative estimate of drug-likeness (QED) is 0.803. The van der Waals surface area contributed by atoms with Crippen molar-refractivity contribution >= 4 is 5.97 Å². The maximum Gasteiger partial charge on any atom is 0.336 e. The van der Waals surface area contributed by atoms with Gasteiger partial charge < -0.3 is 10.8 Å². The third kappa shape index (κ3) is 3.35. The lowest BCUT2D eigenvalue weighted by Gasteiger charge is -2.15. The first-order valence-electron chi connectivity index (χ1n) is 5.60. The van der Waals surface area contributed by atoms with Gasteiger partial charge in [0.15, 0.2) is 0 Å². The number of carboxylic acids is 1. The summed E-state index contributed by atoms with van der Waals surface area (Å²) >= 11 is 0. The van der Waals surface area contributed by atoms with E-state index in [1.165, 1.54) is 0 Å². The Morgan fingerprint density at radius 1 is 1.31 bits per heavy atom. The highest BCUT2D eigenvalue weighted by atomic mass is 16.4. The van der Waals surface area contributed by atoms with Crippen LogP contribution in [0, 0.1) is 5.92 Å². The lowest BCUT2D eigenvalue weighted by Crippen LogP contribution is -2.15. The van der Waals surface area contributed by atoms with Crippen LogP contribution in [0.1, 0.15) is 48.7 Å². The summed E-state index contributed by atoms with van der Waals surface area (Å²) in [5, 5.41) is 9.04. The van der Waals surface area contributed by atoms with Crippen LogP contribution in [0.2, 0.25) is 0 Å². The van der Waals surface area contributed by atoms with Crippen LogP contribution in [0.15, 0.2) is 24.3 Å². The van der Waals surface area contributed by atoms with E-state index in [2.05, 4.69) is 13.8 Å². The molecule has 1 rings (SSSR count). The Hall–Kier alpha value is -1.35. The van der Waals surface area contributed by atoms with Gasteiger partial charge in [-0.05, 0) is 30.4 Å². The summed E-state index contributed by atoms with van der Waals surface area (Å²) in [5.41, 5.74) is 7.07. The van der Waals surface area contributed by atoms with Crippen molar-refractivity contribution < 1.29 is 9.90 Å². The number of hydrogen-bond acceptors (Lipinski definition) is 2. The third-order valence-corrected chi connectivity index (χ3v) is 2.65. The molecule has 1 aromatic rings. The largest absolute Gasteiger partial charge is 0.478 e. The van der Waals surface area contributed by atoms with Crippen LogP contribution < -0.4 is 5.73 Å². The summed E-state index contributed by atoms with van der Waals surface area (Å²) in [4.78, 5) is 11.0. The van der Waals surface area contributed by atoms with Crippen molar-refractivity contribution in [3.05, 3.63) is 35.4 Å². The van der Waals surface area contributed by atoms with E-state index in [-0.39, 0.29) is 6.04 Å². The number of hydrogen-bond donors (Lipinski definition) is 2. The summed E-state index contributed by atoms with van der Waals surface area (Å²) in [6, 6.07) is 6.77. The molecule has 16 heavy (non-hydrogen) atoms. The Labute approximate surface area is 96.3 Å². The minimum Gasteiger partial charge on any atom is -0.478 e. The van der Waals surface area contributed by atoms with Gasteiger partial charge in [-0.2, -0.15) is 0 Å². The number of aromatic carboxylic acids is 1. The highest BCUT2D eigenvalue weighted by molar-refractivity contribution is 5.89. The van der Waals surface area contributed by atoms with E-state index in [0.29, 0.717) is 11.5 Å². The normalized spacial score (nSPS) is 12.8. The number of carbonyl (C=O) groups is 1. The highest BCUT2D eigenvalue weighted by Gasteiger charge is 2.15. The van der Waals surface area contributed by atoms with Gasteiger partial charge in [0, 0.05) is 6.04 Å². The van der Waals surface area contributed by atoms with E-state index in [1.54, 1.807) is 18.2 Å². The molecule has 0 radical (unpaired) electrons. The van der Waals surface area contributed by atoms with Gasteiger partial charge in [-0.25, -0.2) is 4.79 Å². The molecule has 1 aromatic carbocycles. The SMILES string of the molecule is CC(C)CC[C@@H](N)c1ccccc1C(=O)O. The third-order valence-electron chi connectivity index (χ3n) is 2.65. The molecule has 0 aromatic heterocycles. The van der Waals surface area contributed by atoms with Crippen molar-refractivity contribution in [1.82, 2.24) is 0 Å². The van der Waals surface area contributed by atoms with Crippen LogP contribution in [0.3, 0.4) is 0 Å². The molecule has 88 valence electrons. The molecule has 0 amide bonds. The highest BCUT2D eigenvalue weighted by Crippen LogP contribution is 2.21. The van der Waals surface area contributed by atoms with Crippen LogP contribution in [0.5, 0.6) is 0 Å². The molecule has 0 saturated heterocycles. The van der Waals surface area contributed by atoms with Crippen molar-refractivity contribution in [2.24, 2.45) is 11.7 Å². The topological polar surface area (TPSA) is 63.3 Å². The second-order valence-electron chi connectivity index (χ2n) is 4.47.